The lowest BCUT2D eigenvalue weighted by molar-refractivity contribution is -0.149. The van der Waals surface area contributed by atoms with Crippen molar-refractivity contribution in [3.05, 3.63) is 51.7 Å². The Morgan fingerprint density at radius 1 is 1.08 bits per heavy atom. The van der Waals surface area contributed by atoms with Crippen molar-refractivity contribution in [2.45, 2.75) is 69.7 Å². The summed E-state index contributed by atoms with van der Waals surface area (Å²) in [4.78, 5) is 50.1. The lowest BCUT2D eigenvalue weighted by Crippen LogP contribution is -2.60. The number of rotatable bonds is 13. The SMILES string of the molecule is CC(C)C[C@@H](NC(=O)[C@@]1(Cc2ccsc2C(=O)O)Cc2ccccc2N1)C(=O)N[C@H](CC(F)F)[C@@H](O)C(=O)O. The van der Waals surface area contributed by atoms with Gasteiger partial charge in [-0.15, -0.1) is 11.3 Å². The summed E-state index contributed by atoms with van der Waals surface area (Å²) in [5, 5.41) is 38.2. The first kappa shape index (κ1) is 30.0. The second kappa shape index (κ2) is 12.5. The lowest BCUT2D eigenvalue weighted by Gasteiger charge is -2.32. The van der Waals surface area contributed by atoms with Crippen LogP contribution in [0, 0.1) is 5.92 Å². The van der Waals surface area contributed by atoms with Gasteiger partial charge >= 0.3 is 11.9 Å². The van der Waals surface area contributed by atoms with Crippen molar-refractivity contribution in [1.82, 2.24) is 10.6 Å². The summed E-state index contributed by atoms with van der Waals surface area (Å²) in [6.07, 6.45) is -6.11. The van der Waals surface area contributed by atoms with E-state index in [0.717, 1.165) is 16.9 Å². The zero-order valence-corrected chi connectivity index (χ0v) is 22.1. The second-order valence-electron chi connectivity index (χ2n) is 9.98. The quantitative estimate of drug-likeness (QED) is 0.215. The summed E-state index contributed by atoms with van der Waals surface area (Å²) in [5.74, 6) is -4.59. The molecule has 6 N–H and O–H groups in total. The van der Waals surface area contributed by atoms with E-state index < -0.39 is 60.3 Å². The van der Waals surface area contributed by atoms with Gasteiger partial charge in [-0.2, -0.15) is 0 Å². The van der Waals surface area contributed by atoms with Crippen molar-refractivity contribution in [2.75, 3.05) is 5.32 Å². The summed E-state index contributed by atoms with van der Waals surface area (Å²) in [7, 11) is 0. The average molecular weight is 568 g/mol. The van der Waals surface area contributed by atoms with E-state index in [1.807, 2.05) is 6.07 Å². The van der Waals surface area contributed by atoms with Crippen molar-refractivity contribution in [2.24, 2.45) is 5.92 Å². The number of carboxylic acid groups (broad SMARTS) is 2. The fourth-order valence-electron chi connectivity index (χ4n) is 4.65. The van der Waals surface area contributed by atoms with Crippen LogP contribution in [0.15, 0.2) is 35.7 Å². The highest BCUT2D eigenvalue weighted by Gasteiger charge is 2.46. The summed E-state index contributed by atoms with van der Waals surface area (Å²) in [5.41, 5.74) is 0.541. The molecule has 4 atom stereocenters. The molecular formula is C26H31F2N3O7S. The second-order valence-corrected chi connectivity index (χ2v) is 10.9. The zero-order chi connectivity index (χ0) is 28.9. The number of aliphatic hydroxyl groups excluding tert-OH is 1. The van der Waals surface area contributed by atoms with E-state index >= 15 is 0 Å². The molecule has 0 spiro atoms. The molecule has 212 valence electrons. The molecule has 1 aliphatic heterocycles. The van der Waals surface area contributed by atoms with Crippen molar-refractivity contribution < 1.29 is 43.3 Å². The van der Waals surface area contributed by atoms with Crippen LogP contribution in [0.1, 0.15) is 47.5 Å². The molecule has 2 heterocycles. The van der Waals surface area contributed by atoms with Gasteiger partial charge in [0.15, 0.2) is 6.10 Å². The van der Waals surface area contributed by atoms with Gasteiger partial charge in [-0.25, -0.2) is 18.4 Å². The van der Waals surface area contributed by atoms with E-state index in [-0.39, 0.29) is 30.1 Å². The highest BCUT2D eigenvalue weighted by molar-refractivity contribution is 7.12. The summed E-state index contributed by atoms with van der Waals surface area (Å²) >= 11 is 1.02. The smallest absolute Gasteiger partial charge is 0.346 e. The number of fused-ring (bicyclic) bond motifs is 1. The number of thiophene rings is 1. The van der Waals surface area contributed by atoms with Gasteiger partial charge in [0, 0.05) is 24.9 Å². The number of anilines is 1. The van der Waals surface area contributed by atoms with Gasteiger partial charge in [0.05, 0.1) is 6.04 Å². The Morgan fingerprint density at radius 2 is 1.77 bits per heavy atom. The van der Waals surface area contributed by atoms with Gasteiger partial charge in [-0.1, -0.05) is 32.0 Å². The minimum Gasteiger partial charge on any atom is -0.479 e. The summed E-state index contributed by atoms with van der Waals surface area (Å²) in [6, 6.07) is 5.76. The minimum atomic E-state index is -3.00. The number of aromatic carboxylic acids is 1. The molecule has 1 aromatic heterocycles. The van der Waals surface area contributed by atoms with E-state index in [1.54, 1.807) is 43.5 Å². The molecule has 0 saturated carbocycles. The first-order valence-corrected chi connectivity index (χ1v) is 13.2. The van der Waals surface area contributed by atoms with Crippen molar-refractivity contribution >= 4 is 40.8 Å². The maximum Gasteiger partial charge on any atom is 0.346 e. The Labute approximate surface area is 227 Å². The molecule has 10 nitrogen and oxygen atoms in total. The molecule has 39 heavy (non-hydrogen) atoms. The van der Waals surface area contributed by atoms with Crippen molar-refractivity contribution in [3.63, 3.8) is 0 Å². The number of hydrogen-bond donors (Lipinski definition) is 6. The molecule has 0 aliphatic carbocycles. The molecule has 0 fully saturated rings. The normalized spacial score (nSPS) is 18.6. The number of carboxylic acids is 2. The highest BCUT2D eigenvalue weighted by atomic mass is 32.1. The van der Waals surface area contributed by atoms with Crippen LogP contribution in [0.5, 0.6) is 0 Å². The largest absolute Gasteiger partial charge is 0.479 e. The zero-order valence-electron chi connectivity index (χ0n) is 21.3. The standard InChI is InChI=1S/C26H31F2N3O7S/c1-13(2)9-18(22(33)29-17(10-19(27)28)20(32)23(34)35)30-25(38)26(11-14-5-3-4-6-16(14)31-26)12-15-7-8-39-21(15)24(36)37/h3-8,13,17-20,31-32H,9-12H2,1-2H3,(H,29,33)(H,30,38)(H,34,35)(H,36,37)/t17-,18-,20-,26+/m1/s1. The molecule has 1 aliphatic rings. The van der Waals surface area contributed by atoms with E-state index in [0.29, 0.717) is 11.3 Å². The number of para-hydroxylation sites is 1. The maximum atomic E-state index is 13.9. The van der Waals surface area contributed by atoms with Crippen LogP contribution in [-0.4, -0.2) is 69.2 Å². The van der Waals surface area contributed by atoms with Crippen molar-refractivity contribution in [3.8, 4) is 0 Å². The van der Waals surface area contributed by atoms with Gasteiger partial charge in [0.1, 0.15) is 16.5 Å². The number of alkyl halides is 2. The van der Waals surface area contributed by atoms with Crippen LogP contribution in [0.2, 0.25) is 0 Å². The van der Waals surface area contributed by atoms with E-state index in [9.17, 15) is 38.2 Å². The first-order chi connectivity index (χ1) is 18.3. The molecule has 2 amide bonds. The number of carbonyl (C=O) groups excluding carboxylic acids is 2. The molecule has 3 rings (SSSR count). The van der Waals surface area contributed by atoms with E-state index in [2.05, 4.69) is 16.0 Å². The van der Waals surface area contributed by atoms with Gasteiger partial charge in [0.2, 0.25) is 18.2 Å². The number of halogens is 2. The number of aliphatic hydroxyl groups is 1. The van der Waals surface area contributed by atoms with Gasteiger partial charge in [-0.3, -0.25) is 9.59 Å². The Morgan fingerprint density at radius 3 is 2.36 bits per heavy atom. The Kier molecular flexibility index (Phi) is 9.62. The molecular weight excluding hydrogens is 536 g/mol. The number of hydrogen-bond acceptors (Lipinski definition) is 7. The van der Waals surface area contributed by atoms with Crippen LogP contribution < -0.4 is 16.0 Å². The Balaban J connectivity index is 1.90. The lowest BCUT2D eigenvalue weighted by atomic mass is 9.86. The van der Waals surface area contributed by atoms with Crippen LogP contribution in [-0.2, 0) is 27.2 Å². The average Bonchev–Trinajstić information content (AvgIpc) is 3.47. The topological polar surface area (TPSA) is 165 Å². The van der Waals surface area contributed by atoms with Crippen LogP contribution in [0.3, 0.4) is 0 Å². The number of aliphatic carboxylic acids is 1. The van der Waals surface area contributed by atoms with Crippen LogP contribution >= 0.6 is 11.3 Å². The third kappa shape index (κ3) is 7.30. The number of benzene rings is 1. The third-order valence-electron chi connectivity index (χ3n) is 6.47. The van der Waals surface area contributed by atoms with Crippen LogP contribution in [0.25, 0.3) is 0 Å². The summed E-state index contributed by atoms with van der Waals surface area (Å²) in [6.45, 7) is 3.55. The molecule has 0 saturated heterocycles. The van der Waals surface area contributed by atoms with Crippen LogP contribution in [0.4, 0.5) is 14.5 Å². The monoisotopic (exact) mass is 567 g/mol. The first-order valence-electron chi connectivity index (χ1n) is 12.3. The Bertz CT molecular complexity index is 1190. The number of nitrogens with one attached hydrogen (secondary N) is 3. The summed E-state index contributed by atoms with van der Waals surface area (Å²) < 4.78 is 26.1. The van der Waals surface area contributed by atoms with Gasteiger partial charge in [-0.05, 0) is 41.0 Å². The van der Waals surface area contributed by atoms with E-state index in [1.165, 1.54) is 0 Å². The van der Waals surface area contributed by atoms with E-state index in [4.69, 9.17) is 5.11 Å². The fourth-order valence-corrected chi connectivity index (χ4v) is 5.41. The molecule has 0 unspecified atom stereocenters. The number of carbonyl (C=O) groups is 4. The predicted molar refractivity (Wildman–Crippen MR) is 139 cm³/mol. The predicted octanol–water partition coefficient (Wildman–Crippen LogP) is 2.51. The maximum absolute atomic E-state index is 13.9. The van der Waals surface area contributed by atoms with Crippen molar-refractivity contribution in [1.29, 1.82) is 0 Å². The third-order valence-corrected chi connectivity index (χ3v) is 7.42. The molecule has 13 heteroatoms. The molecule has 0 bridgehead atoms. The van der Waals surface area contributed by atoms with Gasteiger partial charge in [0.25, 0.3) is 0 Å². The Hall–Kier alpha value is -3.58. The van der Waals surface area contributed by atoms with Gasteiger partial charge < -0.3 is 31.3 Å². The molecule has 2 aromatic rings. The minimum absolute atomic E-state index is 0.0135. The highest BCUT2D eigenvalue weighted by Crippen LogP contribution is 2.36. The number of amides is 2. The molecule has 0 radical (unpaired) electrons. The molecule has 1 aromatic carbocycles. The fraction of sp³-hybridized carbons (Fsp3) is 0.462.